The van der Waals surface area contributed by atoms with Crippen molar-refractivity contribution in [3.63, 3.8) is 0 Å². The van der Waals surface area contributed by atoms with Crippen molar-refractivity contribution in [1.29, 1.82) is 0 Å². The fourth-order valence-corrected chi connectivity index (χ4v) is 4.23. The highest BCUT2D eigenvalue weighted by molar-refractivity contribution is 5.67. The van der Waals surface area contributed by atoms with Gasteiger partial charge in [0.2, 0.25) is 5.95 Å². The van der Waals surface area contributed by atoms with E-state index in [-0.39, 0.29) is 0 Å². The normalized spacial score (nSPS) is 13.8. The van der Waals surface area contributed by atoms with Gasteiger partial charge in [0.15, 0.2) is 17.1 Å². The third-order valence-electron chi connectivity index (χ3n) is 6.02. The van der Waals surface area contributed by atoms with E-state index in [9.17, 15) is 0 Å². The molecule has 0 bridgehead atoms. The predicted molar refractivity (Wildman–Crippen MR) is 132 cm³/mol. The van der Waals surface area contributed by atoms with Gasteiger partial charge < -0.3 is 19.5 Å². The molecule has 8 heteroatoms. The molecule has 176 valence electrons. The predicted octanol–water partition coefficient (Wildman–Crippen LogP) is 4.63. The van der Waals surface area contributed by atoms with Crippen LogP contribution in [0.3, 0.4) is 0 Å². The molecule has 4 aromatic rings. The van der Waals surface area contributed by atoms with Crippen LogP contribution in [-0.2, 0) is 0 Å². The molecule has 0 amide bonds. The van der Waals surface area contributed by atoms with Gasteiger partial charge in [-0.05, 0) is 80.5 Å². The fourth-order valence-electron chi connectivity index (χ4n) is 4.23. The summed E-state index contributed by atoms with van der Waals surface area (Å²) in [6.45, 7) is 4.06. The minimum atomic E-state index is 0.524. The van der Waals surface area contributed by atoms with Gasteiger partial charge in [-0.1, -0.05) is 6.07 Å². The molecule has 34 heavy (non-hydrogen) atoms. The summed E-state index contributed by atoms with van der Waals surface area (Å²) in [6, 6.07) is 19.6. The van der Waals surface area contributed by atoms with Crippen LogP contribution in [0.5, 0.6) is 17.2 Å². The Balaban J connectivity index is 1.29. The maximum Gasteiger partial charge on any atom is 0.247 e. The van der Waals surface area contributed by atoms with Crippen LogP contribution in [-0.4, -0.2) is 60.0 Å². The maximum absolute atomic E-state index is 5.90. The lowest BCUT2D eigenvalue weighted by atomic mass is 10.1. The van der Waals surface area contributed by atoms with E-state index in [0.29, 0.717) is 24.1 Å². The Morgan fingerprint density at radius 2 is 1.71 bits per heavy atom. The second-order valence-electron chi connectivity index (χ2n) is 8.23. The molecule has 1 fully saturated rings. The van der Waals surface area contributed by atoms with Crippen LogP contribution in [0.4, 0.5) is 11.6 Å². The summed E-state index contributed by atoms with van der Waals surface area (Å²) in [5.74, 6) is 2.74. The van der Waals surface area contributed by atoms with Crippen molar-refractivity contribution in [3.05, 3.63) is 60.7 Å². The number of nitrogens with zero attached hydrogens (tertiary/aromatic N) is 4. The number of fused-ring (bicyclic) bond motifs is 1. The smallest absolute Gasteiger partial charge is 0.247 e. The summed E-state index contributed by atoms with van der Waals surface area (Å²) in [5.41, 5.74) is 3.50. The summed E-state index contributed by atoms with van der Waals surface area (Å²) < 4.78 is 18.5. The van der Waals surface area contributed by atoms with E-state index in [0.717, 1.165) is 34.9 Å². The van der Waals surface area contributed by atoms with Crippen molar-refractivity contribution in [3.8, 4) is 28.5 Å². The van der Waals surface area contributed by atoms with Gasteiger partial charge in [-0.3, -0.25) is 4.90 Å². The van der Waals surface area contributed by atoms with Crippen LogP contribution in [0.2, 0.25) is 0 Å². The zero-order chi connectivity index (χ0) is 23.3. The number of nitrogens with one attached hydrogen (secondary N) is 1. The summed E-state index contributed by atoms with van der Waals surface area (Å²) >= 11 is 0. The molecule has 1 aliphatic rings. The second-order valence-corrected chi connectivity index (χ2v) is 8.23. The molecule has 2 aromatic heterocycles. The van der Waals surface area contributed by atoms with Crippen molar-refractivity contribution in [2.75, 3.05) is 45.8 Å². The van der Waals surface area contributed by atoms with Crippen LogP contribution in [0.25, 0.3) is 16.9 Å². The number of pyridine rings is 1. The van der Waals surface area contributed by atoms with Gasteiger partial charge in [-0.25, -0.2) is 4.52 Å². The number of rotatable bonds is 9. The summed E-state index contributed by atoms with van der Waals surface area (Å²) in [5, 5.41) is 7.97. The molecule has 0 atom stereocenters. The Morgan fingerprint density at radius 3 is 2.47 bits per heavy atom. The first-order valence-electron chi connectivity index (χ1n) is 11.5. The number of aromatic nitrogens is 3. The highest BCUT2D eigenvalue weighted by Crippen LogP contribution is 2.32. The van der Waals surface area contributed by atoms with E-state index in [2.05, 4.69) is 20.3 Å². The average Bonchev–Trinajstić information content (AvgIpc) is 3.54. The van der Waals surface area contributed by atoms with E-state index < -0.39 is 0 Å². The van der Waals surface area contributed by atoms with E-state index in [4.69, 9.17) is 14.2 Å². The van der Waals surface area contributed by atoms with Crippen LogP contribution in [0, 0.1) is 0 Å². The van der Waals surface area contributed by atoms with Gasteiger partial charge in [0.25, 0.3) is 0 Å². The number of likely N-dealkylation sites (tertiary alicyclic amines) is 1. The molecule has 1 N–H and O–H groups in total. The summed E-state index contributed by atoms with van der Waals surface area (Å²) in [4.78, 5) is 7.08. The molecule has 1 aliphatic heterocycles. The van der Waals surface area contributed by atoms with Crippen molar-refractivity contribution in [2.24, 2.45) is 0 Å². The third-order valence-corrected chi connectivity index (χ3v) is 6.02. The molecule has 8 nitrogen and oxygen atoms in total. The number of anilines is 2. The fraction of sp³-hybridized carbons (Fsp3) is 0.308. The molecule has 2 aromatic carbocycles. The largest absolute Gasteiger partial charge is 0.493 e. The lowest BCUT2D eigenvalue weighted by molar-refractivity contribution is 0.238. The standard InChI is InChI=1S/C26H29N5O3/c1-32-23-13-8-19(18-24(23)33-2)22-6-5-7-25-28-26(29-31(22)25)27-20-9-11-21(12-10-20)34-17-16-30-14-3-4-15-30/h5-13,18H,3-4,14-17H2,1-2H3,(H,27,29). The molecular formula is C26H29N5O3. The van der Waals surface area contributed by atoms with Crippen LogP contribution < -0.4 is 19.5 Å². The maximum atomic E-state index is 5.90. The Hall–Kier alpha value is -3.78. The topological polar surface area (TPSA) is 73.2 Å². The molecule has 5 rings (SSSR count). The van der Waals surface area contributed by atoms with E-state index in [1.54, 1.807) is 14.2 Å². The van der Waals surface area contributed by atoms with E-state index >= 15 is 0 Å². The highest BCUT2D eigenvalue weighted by Gasteiger charge is 2.13. The molecule has 0 aliphatic carbocycles. The Kier molecular flexibility index (Phi) is 6.49. The monoisotopic (exact) mass is 459 g/mol. The van der Waals surface area contributed by atoms with Gasteiger partial charge in [-0.15, -0.1) is 5.10 Å². The Bertz CT molecular complexity index is 1250. The molecule has 0 spiro atoms. The molecule has 0 unspecified atom stereocenters. The van der Waals surface area contributed by atoms with Crippen molar-refractivity contribution in [1.82, 2.24) is 19.5 Å². The zero-order valence-electron chi connectivity index (χ0n) is 19.5. The Morgan fingerprint density at radius 1 is 0.912 bits per heavy atom. The van der Waals surface area contributed by atoms with Crippen molar-refractivity contribution < 1.29 is 14.2 Å². The van der Waals surface area contributed by atoms with Crippen molar-refractivity contribution >= 4 is 17.3 Å². The number of hydrogen-bond donors (Lipinski definition) is 1. The number of benzene rings is 2. The number of methoxy groups -OCH3 is 2. The third kappa shape index (κ3) is 4.77. The lowest BCUT2D eigenvalue weighted by Gasteiger charge is -2.15. The minimum Gasteiger partial charge on any atom is -0.493 e. The number of ether oxygens (including phenoxy) is 3. The van der Waals surface area contributed by atoms with Gasteiger partial charge in [0, 0.05) is 17.8 Å². The molecular weight excluding hydrogens is 430 g/mol. The summed E-state index contributed by atoms with van der Waals surface area (Å²) in [7, 11) is 3.25. The van der Waals surface area contributed by atoms with Gasteiger partial charge in [0.05, 0.1) is 19.9 Å². The quantitative estimate of drug-likeness (QED) is 0.391. The highest BCUT2D eigenvalue weighted by atomic mass is 16.5. The van der Waals surface area contributed by atoms with E-state index in [1.807, 2.05) is 65.2 Å². The number of hydrogen-bond acceptors (Lipinski definition) is 7. The van der Waals surface area contributed by atoms with Gasteiger partial charge >= 0.3 is 0 Å². The van der Waals surface area contributed by atoms with Crippen LogP contribution in [0.1, 0.15) is 12.8 Å². The van der Waals surface area contributed by atoms with Crippen LogP contribution >= 0.6 is 0 Å². The Labute approximate surface area is 199 Å². The average molecular weight is 460 g/mol. The first kappa shape index (κ1) is 22.0. The first-order valence-corrected chi connectivity index (χ1v) is 11.5. The SMILES string of the molecule is COc1ccc(-c2cccc3nc(Nc4ccc(OCCN5CCCC5)cc4)nn23)cc1OC. The zero-order valence-corrected chi connectivity index (χ0v) is 19.5. The first-order chi connectivity index (χ1) is 16.7. The van der Waals surface area contributed by atoms with Crippen LogP contribution in [0.15, 0.2) is 60.7 Å². The molecule has 0 radical (unpaired) electrons. The molecule has 3 heterocycles. The molecule has 1 saturated heterocycles. The van der Waals surface area contributed by atoms with E-state index in [1.165, 1.54) is 25.9 Å². The van der Waals surface area contributed by atoms with Gasteiger partial charge in [-0.2, -0.15) is 4.98 Å². The van der Waals surface area contributed by atoms with Crippen molar-refractivity contribution in [2.45, 2.75) is 12.8 Å². The summed E-state index contributed by atoms with van der Waals surface area (Å²) in [6.07, 6.45) is 2.60. The molecule has 0 saturated carbocycles. The minimum absolute atomic E-state index is 0.524. The second kappa shape index (κ2) is 10.0. The lowest BCUT2D eigenvalue weighted by Crippen LogP contribution is -2.25. The van der Waals surface area contributed by atoms with Gasteiger partial charge in [0.1, 0.15) is 12.4 Å².